The van der Waals surface area contributed by atoms with Crippen molar-refractivity contribution in [3.63, 3.8) is 0 Å². The molecule has 10 heteroatoms. The number of likely N-dealkylation sites (tertiary alicyclic amines) is 1. The molecular weight excluding hydrogens is 426 g/mol. The lowest BCUT2D eigenvalue weighted by molar-refractivity contribution is -0.150. The Hall–Kier alpha value is -3.76. The second-order valence-corrected chi connectivity index (χ2v) is 7.90. The third-order valence-corrected chi connectivity index (χ3v) is 5.69. The molecule has 4 rings (SSSR count). The van der Waals surface area contributed by atoms with Gasteiger partial charge in [-0.3, -0.25) is 19.8 Å². The van der Waals surface area contributed by atoms with Crippen molar-refractivity contribution < 1.29 is 24.2 Å². The van der Waals surface area contributed by atoms with Gasteiger partial charge in [0, 0.05) is 42.1 Å². The zero-order chi connectivity index (χ0) is 23.5. The molecule has 2 atom stereocenters. The van der Waals surface area contributed by atoms with E-state index >= 15 is 0 Å². The van der Waals surface area contributed by atoms with Crippen molar-refractivity contribution in [2.24, 2.45) is 5.73 Å². The first-order valence-corrected chi connectivity index (χ1v) is 10.6. The van der Waals surface area contributed by atoms with Crippen molar-refractivity contribution in [2.75, 3.05) is 36.5 Å². The Kier molecular flexibility index (Phi) is 6.38. The highest BCUT2D eigenvalue weighted by molar-refractivity contribution is 6.05. The van der Waals surface area contributed by atoms with E-state index in [1.54, 1.807) is 41.3 Å². The maximum absolute atomic E-state index is 13.1. The van der Waals surface area contributed by atoms with Gasteiger partial charge in [-0.25, -0.2) is 0 Å². The maximum atomic E-state index is 13.1. The van der Waals surface area contributed by atoms with Gasteiger partial charge >= 0.3 is 0 Å². The molecule has 1 unspecified atom stereocenters. The molecule has 0 spiro atoms. The quantitative estimate of drug-likeness (QED) is 0.372. The van der Waals surface area contributed by atoms with Gasteiger partial charge in [0.05, 0.1) is 6.61 Å². The second kappa shape index (κ2) is 9.39. The first kappa shape index (κ1) is 22.4. The minimum Gasteiger partial charge on any atom is -0.384 e. The molecule has 5 N–H and O–H groups in total. The molecule has 2 heterocycles. The molecule has 0 aliphatic carbocycles. The van der Waals surface area contributed by atoms with E-state index in [-0.39, 0.29) is 24.9 Å². The zero-order valence-electron chi connectivity index (χ0n) is 17.9. The molecule has 10 nitrogen and oxygen atoms in total. The van der Waals surface area contributed by atoms with E-state index in [9.17, 15) is 19.5 Å². The van der Waals surface area contributed by atoms with E-state index < -0.39 is 24.0 Å². The zero-order valence-corrected chi connectivity index (χ0v) is 17.9. The molecule has 0 aromatic heterocycles. The monoisotopic (exact) mass is 451 g/mol. The summed E-state index contributed by atoms with van der Waals surface area (Å²) in [5.74, 6) is -1.56. The molecule has 2 fully saturated rings. The van der Waals surface area contributed by atoms with Crippen molar-refractivity contribution in [3.05, 3.63) is 59.7 Å². The van der Waals surface area contributed by atoms with E-state index in [0.717, 1.165) is 19.5 Å². The summed E-state index contributed by atoms with van der Waals surface area (Å²) in [6, 6.07) is 12.9. The Morgan fingerprint density at radius 2 is 1.85 bits per heavy atom. The van der Waals surface area contributed by atoms with Gasteiger partial charge in [-0.2, -0.15) is 0 Å². The number of hydrogen-bond acceptors (Lipinski definition) is 6. The van der Waals surface area contributed by atoms with Gasteiger partial charge in [0.2, 0.25) is 0 Å². The summed E-state index contributed by atoms with van der Waals surface area (Å²) < 4.78 is 5.43. The number of ether oxygens (including phenoxy) is 1. The Morgan fingerprint density at radius 1 is 1.12 bits per heavy atom. The number of amides is 3. The molecule has 2 aromatic rings. The average Bonchev–Trinajstić information content (AvgIpc) is 2.78. The van der Waals surface area contributed by atoms with Gasteiger partial charge in [0.15, 0.2) is 12.2 Å². The summed E-state index contributed by atoms with van der Waals surface area (Å²) in [5, 5.41) is 20.5. The van der Waals surface area contributed by atoms with Gasteiger partial charge in [-0.05, 0) is 48.9 Å². The third-order valence-electron chi connectivity index (χ3n) is 5.69. The molecule has 0 radical (unpaired) electrons. The van der Waals surface area contributed by atoms with Crippen LogP contribution in [-0.2, 0) is 14.3 Å². The molecule has 0 saturated carbocycles. The van der Waals surface area contributed by atoms with E-state index in [1.165, 1.54) is 17.0 Å². The fourth-order valence-electron chi connectivity index (χ4n) is 3.68. The number of nitrogen functional groups attached to an aromatic ring is 1. The van der Waals surface area contributed by atoms with Crippen LogP contribution >= 0.6 is 0 Å². The number of nitrogens with zero attached hydrogens (tertiary/aromatic N) is 2. The first-order chi connectivity index (χ1) is 15.8. The highest BCUT2D eigenvalue weighted by Crippen LogP contribution is 2.23. The Balaban J connectivity index is 1.45. The van der Waals surface area contributed by atoms with Gasteiger partial charge in [-0.1, -0.05) is 6.07 Å². The van der Waals surface area contributed by atoms with Crippen LogP contribution in [0.15, 0.2) is 48.5 Å². The number of benzene rings is 2. The summed E-state index contributed by atoms with van der Waals surface area (Å²) in [7, 11) is 0. The molecule has 2 aliphatic rings. The molecule has 172 valence electrons. The average molecular weight is 451 g/mol. The van der Waals surface area contributed by atoms with Crippen LogP contribution < -0.4 is 16.0 Å². The van der Waals surface area contributed by atoms with Gasteiger partial charge in [-0.15, -0.1) is 0 Å². The minimum atomic E-state index is -1.74. The second-order valence-electron chi connectivity index (χ2n) is 7.90. The number of amidine groups is 1. The van der Waals surface area contributed by atoms with Crippen LogP contribution in [0.5, 0.6) is 0 Å². The highest BCUT2D eigenvalue weighted by Gasteiger charge is 2.39. The number of nitrogens with one attached hydrogen (secondary N) is 2. The fraction of sp³-hybridized carbons (Fsp3) is 0.304. The highest BCUT2D eigenvalue weighted by atomic mass is 16.5. The van der Waals surface area contributed by atoms with E-state index in [1.807, 2.05) is 0 Å². The van der Waals surface area contributed by atoms with Crippen molar-refractivity contribution >= 4 is 34.9 Å². The lowest BCUT2D eigenvalue weighted by Gasteiger charge is -2.34. The van der Waals surface area contributed by atoms with E-state index in [2.05, 4.69) is 5.32 Å². The summed E-state index contributed by atoms with van der Waals surface area (Å²) in [4.78, 5) is 41.3. The van der Waals surface area contributed by atoms with Crippen LogP contribution in [0.3, 0.4) is 0 Å². The normalized spacial score (nSPS) is 18.9. The SMILES string of the molecule is N=C(N)c1ccc(NC(=O)C(O)[C@H]2OCCN(c3cccc(C(=O)N4CCC4)c3)C2=O)cc1. The predicted octanol–water partition coefficient (Wildman–Crippen LogP) is 0.548. The standard InChI is InChI=1S/C23H25N5O5/c24-20(25)14-5-7-16(8-6-14)26-21(30)18(29)19-23(32)28(11-12-33-19)17-4-1-3-15(13-17)22(31)27-9-2-10-27/h1,3-8,13,18-19,29H,2,9-12H2,(H3,24,25)(H,26,30)/t18?,19-/m1/s1. The molecule has 2 aliphatic heterocycles. The number of morpholine rings is 1. The third kappa shape index (κ3) is 4.71. The van der Waals surface area contributed by atoms with Crippen LogP contribution in [0.4, 0.5) is 11.4 Å². The Morgan fingerprint density at radius 3 is 2.48 bits per heavy atom. The number of hydrogen-bond donors (Lipinski definition) is 4. The number of carbonyl (C=O) groups is 3. The molecule has 3 amide bonds. The van der Waals surface area contributed by atoms with Gasteiger partial charge < -0.3 is 30.7 Å². The van der Waals surface area contributed by atoms with Crippen molar-refractivity contribution in [2.45, 2.75) is 18.6 Å². The van der Waals surface area contributed by atoms with Crippen LogP contribution in [0.25, 0.3) is 0 Å². The van der Waals surface area contributed by atoms with E-state index in [4.69, 9.17) is 15.9 Å². The maximum Gasteiger partial charge on any atom is 0.259 e. The molecule has 33 heavy (non-hydrogen) atoms. The van der Waals surface area contributed by atoms with E-state index in [0.29, 0.717) is 22.5 Å². The number of anilines is 2. The van der Waals surface area contributed by atoms with Crippen molar-refractivity contribution in [1.29, 1.82) is 5.41 Å². The van der Waals surface area contributed by atoms with Gasteiger partial charge in [0.1, 0.15) is 5.84 Å². The lowest BCUT2D eigenvalue weighted by Crippen LogP contribution is -2.55. The summed E-state index contributed by atoms with van der Waals surface area (Å²) >= 11 is 0. The number of nitrogens with two attached hydrogens (primary N) is 1. The van der Waals surface area contributed by atoms with Crippen molar-refractivity contribution in [3.8, 4) is 0 Å². The summed E-state index contributed by atoms with van der Waals surface area (Å²) in [6.07, 6.45) is -2.14. The lowest BCUT2D eigenvalue weighted by atomic mass is 10.1. The largest absolute Gasteiger partial charge is 0.384 e. The number of aliphatic hydroxyl groups is 1. The predicted molar refractivity (Wildman–Crippen MR) is 121 cm³/mol. The van der Waals surface area contributed by atoms with Gasteiger partial charge in [0.25, 0.3) is 17.7 Å². The van der Waals surface area contributed by atoms with Crippen LogP contribution in [-0.4, -0.2) is 72.0 Å². The number of rotatable bonds is 6. The number of aliphatic hydroxyl groups excluding tert-OH is 1. The summed E-state index contributed by atoms with van der Waals surface area (Å²) in [6.45, 7) is 1.80. The fourth-order valence-corrected chi connectivity index (χ4v) is 3.68. The van der Waals surface area contributed by atoms with Crippen LogP contribution in [0, 0.1) is 5.41 Å². The Bertz CT molecular complexity index is 1080. The first-order valence-electron chi connectivity index (χ1n) is 10.6. The minimum absolute atomic E-state index is 0.0874. The Labute approximate surface area is 190 Å². The van der Waals surface area contributed by atoms with Crippen LogP contribution in [0.1, 0.15) is 22.3 Å². The topological polar surface area (TPSA) is 149 Å². The molecular formula is C23H25N5O5. The smallest absolute Gasteiger partial charge is 0.259 e. The van der Waals surface area contributed by atoms with Crippen LogP contribution in [0.2, 0.25) is 0 Å². The number of carbonyl (C=O) groups excluding carboxylic acids is 3. The molecule has 2 aromatic carbocycles. The molecule has 2 saturated heterocycles. The summed E-state index contributed by atoms with van der Waals surface area (Å²) in [5.41, 5.74) is 7.27. The van der Waals surface area contributed by atoms with Crippen molar-refractivity contribution in [1.82, 2.24) is 4.90 Å². The molecule has 0 bridgehead atoms.